The van der Waals surface area contributed by atoms with Crippen molar-refractivity contribution in [2.45, 2.75) is 38.1 Å². The highest BCUT2D eigenvalue weighted by atomic mass is 16.5. The standard InChI is InChI=1S/C13H19N3O3/c17-11(18)8-10-12(9-2-6-19-7-3-9)15-13-14-4-1-5-16(10)13/h9H,1-8H2,(H,14,15)(H,17,18). The highest BCUT2D eigenvalue weighted by molar-refractivity contribution is 5.70. The van der Waals surface area contributed by atoms with Crippen LogP contribution in [0.3, 0.4) is 0 Å². The number of imidazole rings is 1. The summed E-state index contributed by atoms with van der Waals surface area (Å²) in [5, 5.41) is 12.4. The van der Waals surface area contributed by atoms with Crippen molar-refractivity contribution in [2.24, 2.45) is 0 Å². The van der Waals surface area contributed by atoms with E-state index in [0.29, 0.717) is 5.92 Å². The predicted molar refractivity (Wildman–Crippen MR) is 69.5 cm³/mol. The molecule has 0 aromatic carbocycles. The largest absolute Gasteiger partial charge is 0.481 e. The number of rotatable bonds is 3. The Labute approximate surface area is 111 Å². The van der Waals surface area contributed by atoms with Gasteiger partial charge in [0.15, 0.2) is 0 Å². The van der Waals surface area contributed by atoms with Gasteiger partial charge in [0.05, 0.1) is 17.8 Å². The van der Waals surface area contributed by atoms with Crippen LogP contribution in [0.25, 0.3) is 0 Å². The first-order valence-electron chi connectivity index (χ1n) is 6.88. The second kappa shape index (κ2) is 5.21. The summed E-state index contributed by atoms with van der Waals surface area (Å²) in [5.41, 5.74) is 1.84. The van der Waals surface area contributed by atoms with E-state index in [4.69, 9.17) is 9.84 Å². The van der Waals surface area contributed by atoms with Crippen molar-refractivity contribution in [1.29, 1.82) is 0 Å². The van der Waals surface area contributed by atoms with Crippen LogP contribution in [0.5, 0.6) is 0 Å². The number of fused-ring (bicyclic) bond motifs is 1. The van der Waals surface area contributed by atoms with Crippen molar-refractivity contribution in [3.8, 4) is 0 Å². The number of hydrogen-bond donors (Lipinski definition) is 2. The van der Waals surface area contributed by atoms with Crippen LogP contribution in [0.1, 0.15) is 36.6 Å². The molecule has 3 rings (SSSR count). The molecule has 1 fully saturated rings. The second-order valence-corrected chi connectivity index (χ2v) is 5.16. The lowest BCUT2D eigenvalue weighted by atomic mass is 9.94. The molecular formula is C13H19N3O3. The molecule has 19 heavy (non-hydrogen) atoms. The van der Waals surface area contributed by atoms with E-state index in [9.17, 15) is 4.79 Å². The van der Waals surface area contributed by atoms with Crippen LogP contribution in [0.2, 0.25) is 0 Å². The van der Waals surface area contributed by atoms with Crippen molar-refractivity contribution in [1.82, 2.24) is 9.55 Å². The van der Waals surface area contributed by atoms with Gasteiger partial charge in [0.25, 0.3) is 0 Å². The van der Waals surface area contributed by atoms with Gasteiger partial charge < -0.3 is 19.7 Å². The molecule has 0 radical (unpaired) electrons. The van der Waals surface area contributed by atoms with E-state index in [1.807, 2.05) is 4.57 Å². The molecule has 0 atom stereocenters. The molecule has 0 unspecified atom stereocenters. The number of nitrogens with zero attached hydrogens (tertiary/aromatic N) is 2. The highest BCUT2D eigenvalue weighted by Gasteiger charge is 2.27. The third kappa shape index (κ3) is 2.45. The zero-order chi connectivity index (χ0) is 13.2. The molecule has 0 bridgehead atoms. The Hall–Kier alpha value is -1.56. The molecule has 104 valence electrons. The van der Waals surface area contributed by atoms with E-state index in [1.165, 1.54) is 0 Å². The normalized spacial score (nSPS) is 19.8. The Morgan fingerprint density at radius 1 is 1.47 bits per heavy atom. The lowest BCUT2D eigenvalue weighted by Gasteiger charge is -2.22. The van der Waals surface area contributed by atoms with E-state index in [1.54, 1.807) is 0 Å². The van der Waals surface area contributed by atoms with Crippen LogP contribution in [0.4, 0.5) is 5.95 Å². The van der Waals surface area contributed by atoms with Gasteiger partial charge in [-0.05, 0) is 19.3 Å². The van der Waals surface area contributed by atoms with E-state index in [0.717, 1.165) is 62.9 Å². The highest BCUT2D eigenvalue weighted by Crippen LogP contribution is 2.32. The summed E-state index contributed by atoms with van der Waals surface area (Å²) in [6.45, 7) is 3.26. The maximum Gasteiger partial charge on any atom is 0.309 e. The Bertz CT molecular complexity index is 478. The minimum atomic E-state index is -0.790. The molecule has 1 aromatic heterocycles. The fourth-order valence-corrected chi connectivity index (χ4v) is 2.95. The van der Waals surface area contributed by atoms with Crippen molar-refractivity contribution in [2.75, 3.05) is 25.1 Å². The Kier molecular flexibility index (Phi) is 3.42. The average Bonchev–Trinajstić information content (AvgIpc) is 2.78. The fourth-order valence-electron chi connectivity index (χ4n) is 2.95. The number of nitrogens with one attached hydrogen (secondary N) is 1. The number of carboxylic acids is 1. The SMILES string of the molecule is O=C(O)Cc1c(C2CCOCC2)nc2n1CCCN2. The molecule has 0 saturated carbocycles. The monoisotopic (exact) mass is 265 g/mol. The predicted octanol–water partition coefficient (Wildman–Crippen LogP) is 1.22. The Morgan fingerprint density at radius 3 is 3.00 bits per heavy atom. The van der Waals surface area contributed by atoms with Crippen molar-refractivity contribution < 1.29 is 14.6 Å². The quantitative estimate of drug-likeness (QED) is 0.859. The molecule has 1 saturated heterocycles. The maximum absolute atomic E-state index is 11.1. The first kappa shape index (κ1) is 12.5. The molecule has 6 heteroatoms. The maximum atomic E-state index is 11.1. The molecule has 2 aliphatic rings. The first-order valence-corrected chi connectivity index (χ1v) is 6.88. The van der Waals surface area contributed by atoms with Gasteiger partial charge in [-0.3, -0.25) is 4.79 Å². The van der Waals surface area contributed by atoms with Crippen LogP contribution < -0.4 is 5.32 Å². The van der Waals surface area contributed by atoms with E-state index in [2.05, 4.69) is 10.3 Å². The minimum absolute atomic E-state index is 0.0569. The first-order chi connectivity index (χ1) is 9.25. The van der Waals surface area contributed by atoms with Crippen LogP contribution in [0.15, 0.2) is 0 Å². The van der Waals surface area contributed by atoms with E-state index >= 15 is 0 Å². The molecular weight excluding hydrogens is 246 g/mol. The number of carboxylic acid groups (broad SMARTS) is 1. The zero-order valence-electron chi connectivity index (χ0n) is 10.9. The van der Waals surface area contributed by atoms with Gasteiger partial charge in [0.2, 0.25) is 5.95 Å². The molecule has 0 aliphatic carbocycles. The summed E-state index contributed by atoms with van der Waals surface area (Å²) >= 11 is 0. The third-order valence-electron chi connectivity index (χ3n) is 3.87. The molecule has 0 amide bonds. The van der Waals surface area contributed by atoms with Crippen molar-refractivity contribution in [3.05, 3.63) is 11.4 Å². The summed E-state index contributed by atoms with van der Waals surface area (Å²) < 4.78 is 7.42. The Morgan fingerprint density at radius 2 is 2.26 bits per heavy atom. The summed E-state index contributed by atoms with van der Waals surface area (Å²) in [6.07, 6.45) is 2.94. The number of ether oxygens (including phenoxy) is 1. The topological polar surface area (TPSA) is 76.4 Å². The van der Waals surface area contributed by atoms with Gasteiger partial charge in [-0.25, -0.2) is 4.98 Å². The number of hydrogen-bond acceptors (Lipinski definition) is 4. The molecule has 2 N–H and O–H groups in total. The molecule has 6 nitrogen and oxygen atoms in total. The zero-order valence-corrected chi connectivity index (χ0v) is 10.9. The molecule has 3 heterocycles. The van der Waals surface area contributed by atoms with Gasteiger partial charge in [-0.15, -0.1) is 0 Å². The van der Waals surface area contributed by atoms with Gasteiger partial charge in [0.1, 0.15) is 0 Å². The average molecular weight is 265 g/mol. The molecule has 1 aromatic rings. The smallest absolute Gasteiger partial charge is 0.309 e. The number of carbonyl (C=O) groups is 1. The minimum Gasteiger partial charge on any atom is -0.481 e. The van der Waals surface area contributed by atoms with Crippen LogP contribution in [-0.2, 0) is 22.5 Å². The number of aromatic nitrogens is 2. The van der Waals surface area contributed by atoms with Crippen molar-refractivity contribution in [3.63, 3.8) is 0 Å². The lowest BCUT2D eigenvalue weighted by Crippen LogP contribution is -2.20. The summed E-state index contributed by atoms with van der Waals surface area (Å²) in [7, 11) is 0. The van der Waals surface area contributed by atoms with Gasteiger partial charge in [0, 0.05) is 32.2 Å². The Balaban J connectivity index is 1.96. The van der Waals surface area contributed by atoms with Gasteiger partial charge in [-0.1, -0.05) is 0 Å². The van der Waals surface area contributed by atoms with Crippen LogP contribution in [-0.4, -0.2) is 40.4 Å². The summed E-state index contributed by atoms with van der Waals surface area (Å²) in [4.78, 5) is 15.8. The summed E-state index contributed by atoms with van der Waals surface area (Å²) in [5.74, 6) is 0.383. The van der Waals surface area contributed by atoms with E-state index < -0.39 is 5.97 Å². The second-order valence-electron chi connectivity index (χ2n) is 5.16. The number of anilines is 1. The fraction of sp³-hybridized carbons (Fsp3) is 0.692. The van der Waals surface area contributed by atoms with Gasteiger partial charge in [-0.2, -0.15) is 0 Å². The van der Waals surface area contributed by atoms with E-state index in [-0.39, 0.29) is 6.42 Å². The van der Waals surface area contributed by atoms with Crippen LogP contribution >= 0.6 is 0 Å². The summed E-state index contributed by atoms with van der Waals surface area (Å²) in [6, 6.07) is 0. The van der Waals surface area contributed by atoms with Crippen molar-refractivity contribution >= 4 is 11.9 Å². The molecule has 0 spiro atoms. The number of aliphatic carboxylic acids is 1. The lowest BCUT2D eigenvalue weighted by molar-refractivity contribution is -0.136. The third-order valence-corrected chi connectivity index (χ3v) is 3.87. The van der Waals surface area contributed by atoms with Crippen LogP contribution in [0, 0.1) is 0 Å². The molecule has 2 aliphatic heterocycles. The van der Waals surface area contributed by atoms with Gasteiger partial charge >= 0.3 is 5.97 Å².